The van der Waals surface area contributed by atoms with Gasteiger partial charge in [-0.15, -0.1) is 0 Å². The minimum Gasteiger partial charge on any atom is -0.326 e. The fraction of sp³-hybridized carbons (Fsp3) is 0.533. The highest BCUT2D eigenvalue weighted by Gasteiger charge is 2.43. The van der Waals surface area contributed by atoms with Gasteiger partial charge < -0.3 is 5.32 Å². The molecule has 2 fully saturated rings. The van der Waals surface area contributed by atoms with Crippen molar-refractivity contribution in [3.05, 3.63) is 28.2 Å². The number of rotatable bonds is 2. The minimum atomic E-state index is 0.229. The van der Waals surface area contributed by atoms with E-state index in [0.29, 0.717) is 5.92 Å². The SMILES string of the molecule is Cc1cc(Br)ccc1NC(=O)C1CC2CCC1C2. The van der Waals surface area contributed by atoms with Gasteiger partial charge in [0.2, 0.25) is 5.91 Å². The Morgan fingerprint density at radius 3 is 2.78 bits per heavy atom. The number of carbonyl (C=O) groups excluding carboxylic acids is 1. The monoisotopic (exact) mass is 307 g/mol. The standard InChI is InChI=1S/C15H18BrNO/c1-9-6-12(16)4-5-14(9)17-15(18)13-8-10-2-3-11(13)7-10/h4-6,10-11,13H,2-3,7-8H2,1H3,(H,17,18). The van der Waals surface area contributed by atoms with Crippen LogP contribution in [0.15, 0.2) is 22.7 Å². The Morgan fingerprint density at radius 1 is 1.33 bits per heavy atom. The first kappa shape index (κ1) is 12.2. The summed E-state index contributed by atoms with van der Waals surface area (Å²) in [6, 6.07) is 5.99. The summed E-state index contributed by atoms with van der Waals surface area (Å²) in [5.41, 5.74) is 2.06. The van der Waals surface area contributed by atoms with E-state index in [2.05, 4.69) is 21.2 Å². The fourth-order valence-corrected chi connectivity index (χ4v) is 4.03. The summed E-state index contributed by atoms with van der Waals surface area (Å²) in [6.45, 7) is 2.03. The van der Waals surface area contributed by atoms with Crippen LogP contribution in [-0.4, -0.2) is 5.91 Å². The first-order chi connectivity index (χ1) is 8.63. The van der Waals surface area contributed by atoms with Gasteiger partial charge in [0.05, 0.1) is 0 Å². The quantitative estimate of drug-likeness (QED) is 0.874. The molecule has 3 heteroatoms. The molecule has 2 nitrogen and oxygen atoms in total. The van der Waals surface area contributed by atoms with Gasteiger partial charge in [-0.25, -0.2) is 0 Å². The number of hydrogen-bond acceptors (Lipinski definition) is 1. The third kappa shape index (κ3) is 2.20. The van der Waals surface area contributed by atoms with E-state index in [9.17, 15) is 4.79 Å². The van der Waals surface area contributed by atoms with Gasteiger partial charge in [-0.2, -0.15) is 0 Å². The average molecular weight is 308 g/mol. The molecule has 1 aromatic rings. The number of fused-ring (bicyclic) bond motifs is 2. The summed E-state index contributed by atoms with van der Waals surface area (Å²) in [4.78, 5) is 12.3. The molecule has 1 aromatic carbocycles. The largest absolute Gasteiger partial charge is 0.326 e. The highest BCUT2D eigenvalue weighted by Crippen LogP contribution is 2.48. The van der Waals surface area contributed by atoms with Crippen LogP contribution in [0.5, 0.6) is 0 Å². The molecule has 0 saturated heterocycles. The van der Waals surface area contributed by atoms with Crippen molar-refractivity contribution in [3.8, 4) is 0 Å². The molecule has 0 heterocycles. The van der Waals surface area contributed by atoms with Gasteiger partial charge in [0, 0.05) is 16.1 Å². The molecular formula is C15H18BrNO. The Kier molecular flexibility index (Phi) is 3.18. The molecule has 3 atom stereocenters. The molecule has 1 N–H and O–H groups in total. The first-order valence-corrected chi connectivity index (χ1v) is 7.50. The second-order valence-electron chi connectivity index (χ2n) is 5.73. The Labute approximate surface area is 116 Å². The van der Waals surface area contributed by atoms with Crippen LogP contribution in [0.25, 0.3) is 0 Å². The zero-order valence-corrected chi connectivity index (χ0v) is 12.2. The smallest absolute Gasteiger partial charge is 0.227 e. The molecular weight excluding hydrogens is 290 g/mol. The normalized spacial score (nSPS) is 29.6. The summed E-state index contributed by atoms with van der Waals surface area (Å²) in [7, 11) is 0. The predicted molar refractivity (Wildman–Crippen MR) is 76.4 cm³/mol. The molecule has 3 rings (SSSR count). The van der Waals surface area contributed by atoms with E-state index < -0.39 is 0 Å². The number of carbonyl (C=O) groups is 1. The van der Waals surface area contributed by atoms with E-state index in [1.807, 2.05) is 25.1 Å². The lowest BCUT2D eigenvalue weighted by Crippen LogP contribution is -2.27. The number of nitrogens with one attached hydrogen (secondary N) is 1. The van der Waals surface area contributed by atoms with E-state index in [4.69, 9.17) is 0 Å². The van der Waals surface area contributed by atoms with Crippen molar-refractivity contribution in [1.82, 2.24) is 0 Å². The molecule has 96 valence electrons. The second-order valence-corrected chi connectivity index (χ2v) is 6.65. The van der Waals surface area contributed by atoms with E-state index >= 15 is 0 Å². The molecule has 2 saturated carbocycles. The highest BCUT2D eigenvalue weighted by molar-refractivity contribution is 9.10. The molecule has 2 aliphatic rings. The van der Waals surface area contributed by atoms with Gasteiger partial charge in [-0.05, 0) is 61.8 Å². The molecule has 0 aliphatic heterocycles. The Morgan fingerprint density at radius 2 is 2.17 bits per heavy atom. The Bertz CT molecular complexity index is 485. The van der Waals surface area contributed by atoms with Crippen molar-refractivity contribution in [2.24, 2.45) is 17.8 Å². The van der Waals surface area contributed by atoms with Crippen molar-refractivity contribution >= 4 is 27.5 Å². The summed E-state index contributed by atoms with van der Waals surface area (Å²) < 4.78 is 1.05. The van der Waals surface area contributed by atoms with Crippen molar-refractivity contribution < 1.29 is 4.79 Å². The Hall–Kier alpha value is -0.830. The number of amides is 1. The number of aryl methyl sites for hydroxylation is 1. The van der Waals surface area contributed by atoms with Crippen LogP contribution in [0, 0.1) is 24.7 Å². The highest BCUT2D eigenvalue weighted by atomic mass is 79.9. The number of hydrogen-bond donors (Lipinski definition) is 1. The Balaban J connectivity index is 1.71. The third-order valence-corrected chi connectivity index (χ3v) is 5.01. The minimum absolute atomic E-state index is 0.229. The first-order valence-electron chi connectivity index (χ1n) is 6.70. The maximum atomic E-state index is 12.3. The van der Waals surface area contributed by atoms with Crippen LogP contribution in [0.3, 0.4) is 0 Å². The summed E-state index contributed by atoms with van der Waals surface area (Å²) in [5.74, 6) is 1.95. The van der Waals surface area contributed by atoms with E-state index in [-0.39, 0.29) is 11.8 Å². The van der Waals surface area contributed by atoms with Crippen LogP contribution >= 0.6 is 15.9 Å². The molecule has 2 bridgehead atoms. The van der Waals surface area contributed by atoms with Gasteiger partial charge in [0.25, 0.3) is 0 Å². The molecule has 3 unspecified atom stereocenters. The lowest BCUT2D eigenvalue weighted by Gasteiger charge is -2.21. The zero-order valence-electron chi connectivity index (χ0n) is 10.6. The molecule has 2 aliphatic carbocycles. The number of benzene rings is 1. The molecule has 18 heavy (non-hydrogen) atoms. The lowest BCUT2D eigenvalue weighted by atomic mass is 9.88. The van der Waals surface area contributed by atoms with Crippen LogP contribution in [0.1, 0.15) is 31.2 Å². The van der Waals surface area contributed by atoms with E-state index in [0.717, 1.165) is 28.1 Å². The number of halogens is 1. The molecule has 0 radical (unpaired) electrons. The average Bonchev–Trinajstić information content (AvgIpc) is 2.94. The van der Waals surface area contributed by atoms with E-state index in [1.165, 1.54) is 19.3 Å². The molecule has 1 amide bonds. The van der Waals surface area contributed by atoms with Crippen molar-refractivity contribution in [2.75, 3.05) is 5.32 Å². The van der Waals surface area contributed by atoms with Crippen molar-refractivity contribution in [1.29, 1.82) is 0 Å². The lowest BCUT2D eigenvalue weighted by molar-refractivity contribution is -0.121. The van der Waals surface area contributed by atoms with Gasteiger partial charge in [0.1, 0.15) is 0 Å². The van der Waals surface area contributed by atoms with Crippen molar-refractivity contribution in [2.45, 2.75) is 32.6 Å². The fourth-order valence-electron chi connectivity index (χ4n) is 3.56. The van der Waals surface area contributed by atoms with Crippen LogP contribution in [0.2, 0.25) is 0 Å². The van der Waals surface area contributed by atoms with Crippen LogP contribution < -0.4 is 5.32 Å². The topological polar surface area (TPSA) is 29.1 Å². The van der Waals surface area contributed by atoms with E-state index in [1.54, 1.807) is 0 Å². The molecule has 0 aromatic heterocycles. The van der Waals surface area contributed by atoms with Crippen LogP contribution in [-0.2, 0) is 4.79 Å². The van der Waals surface area contributed by atoms with Gasteiger partial charge in [-0.3, -0.25) is 4.79 Å². The molecule has 0 spiro atoms. The van der Waals surface area contributed by atoms with Gasteiger partial charge in [-0.1, -0.05) is 22.4 Å². The zero-order chi connectivity index (χ0) is 12.7. The summed E-state index contributed by atoms with van der Waals surface area (Å²) >= 11 is 3.44. The maximum absolute atomic E-state index is 12.3. The van der Waals surface area contributed by atoms with Gasteiger partial charge >= 0.3 is 0 Å². The predicted octanol–water partition coefficient (Wildman–Crippen LogP) is 4.13. The second kappa shape index (κ2) is 4.69. The maximum Gasteiger partial charge on any atom is 0.227 e. The summed E-state index contributed by atoms with van der Waals surface area (Å²) in [5, 5.41) is 3.10. The summed E-state index contributed by atoms with van der Waals surface area (Å²) in [6.07, 6.45) is 4.97. The third-order valence-electron chi connectivity index (χ3n) is 4.52. The van der Waals surface area contributed by atoms with Crippen LogP contribution in [0.4, 0.5) is 5.69 Å². The number of anilines is 1. The van der Waals surface area contributed by atoms with Crippen molar-refractivity contribution in [3.63, 3.8) is 0 Å². The van der Waals surface area contributed by atoms with Gasteiger partial charge in [0.15, 0.2) is 0 Å².